The van der Waals surface area contributed by atoms with E-state index in [2.05, 4.69) is 18.6 Å². The number of anilines is 1. The third-order valence-corrected chi connectivity index (χ3v) is 4.33. The molecule has 17 heavy (non-hydrogen) atoms. The van der Waals surface area contributed by atoms with Crippen LogP contribution in [0.5, 0.6) is 0 Å². The van der Waals surface area contributed by atoms with Gasteiger partial charge in [0.15, 0.2) is 0 Å². The predicted octanol–water partition coefficient (Wildman–Crippen LogP) is 3.35. The summed E-state index contributed by atoms with van der Waals surface area (Å²) in [5.74, 6) is 0.677. The summed E-state index contributed by atoms with van der Waals surface area (Å²) in [7, 11) is -3.17. The van der Waals surface area contributed by atoms with Gasteiger partial charge in [0.05, 0.1) is 5.75 Å². The van der Waals surface area contributed by atoms with Crippen LogP contribution in [-0.4, -0.2) is 14.2 Å². The first-order valence-corrected chi connectivity index (χ1v) is 7.74. The van der Waals surface area contributed by atoms with Crippen molar-refractivity contribution in [2.75, 3.05) is 10.5 Å². The van der Waals surface area contributed by atoms with E-state index in [0.717, 1.165) is 6.42 Å². The van der Waals surface area contributed by atoms with Crippen molar-refractivity contribution < 1.29 is 8.42 Å². The highest BCUT2D eigenvalue weighted by molar-refractivity contribution is 7.92. The molecule has 0 aliphatic carbocycles. The summed E-state index contributed by atoms with van der Waals surface area (Å²) in [6, 6.07) is 7.62. The molecule has 1 rings (SSSR count). The van der Waals surface area contributed by atoms with Crippen LogP contribution in [-0.2, 0) is 10.0 Å². The van der Waals surface area contributed by atoms with E-state index in [1.807, 2.05) is 31.2 Å². The van der Waals surface area contributed by atoms with Crippen LogP contribution in [0.15, 0.2) is 24.3 Å². The molecule has 0 fully saturated rings. The molecule has 0 saturated heterocycles. The second-order valence-electron chi connectivity index (χ2n) is 4.35. The van der Waals surface area contributed by atoms with E-state index in [-0.39, 0.29) is 5.75 Å². The Morgan fingerprint density at radius 1 is 1.18 bits per heavy atom. The van der Waals surface area contributed by atoms with Crippen molar-refractivity contribution in [3.05, 3.63) is 29.8 Å². The maximum absolute atomic E-state index is 11.6. The second-order valence-corrected chi connectivity index (χ2v) is 6.19. The number of hydrogen-bond donors (Lipinski definition) is 1. The molecule has 3 nitrogen and oxygen atoms in total. The SMILES string of the molecule is CCCS(=O)(=O)Nc1ccc([C@@H](C)CC)cc1. The van der Waals surface area contributed by atoms with Crippen LogP contribution < -0.4 is 4.72 Å². The van der Waals surface area contributed by atoms with Crippen LogP contribution in [0.3, 0.4) is 0 Å². The lowest BCUT2D eigenvalue weighted by molar-refractivity contribution is 0.600. The molecular formula is C13H21NO2S. The molecule has 96 valence electrons. The lowest BCUT2D eigenvalue weighted by Crippen LogP contribution is -2.16. The normalized spacial score (nSPS) is 13.4. The fraction of sp³-hybridized carbons (Fsp3) is 0.538. The van der Waals surface area contributed by atoms with Gasteiger partial charge in [0.2, 0.25) is 10.0 Å². The van der Waals surface area contributed by atoms with Gasteiger partial charge in [-0.2, -0.15) is 0 Å². The number of sulfonamides is 1. The van der Waals surface area contributed by atoms with Crippen LogP contribution in [0.4, 0.5) is 5.69 Å². The fourth-order valence-corrected chi connectivity index (χ4v) is 2.75. The largest absolute Gasteiger partial charge is 0.284 e. The Bertz CT molecular complexity index is 437. The smallest absolute Gasteiger partial charge is 0.232 e. The summed E-state index contributed by atoms with van der Waals surface area (Å²) in [6.07, 6.45) is 1.71. The Kier molecular flexibility index (Phi) is 5.00. The average Bonchev–Trinajstić information content (AvgIpc) is 2.28. The summed E-state index contributed by atoms with van der Waals surface area (Å²) >= 11 is 0. The topological polar surface area (TPSA) is 46.2 Å². The first-order valence-electron chi connectivity index (χ1n) is 6.09. The molecule has 4 heteroatoms. The summed E-state index contributed by atoms with van der Waals surface area (Å²) in [5, 5.41) is 0. The van der Waals surface area contributed by atoms with Crippen molar-refractivity contribution in [3.63, 3.8) is 0 Å². The van der Waals surface area contributed by atoms with Gasteiger partial charge in [-0.1, -0.05) is 32.9 Å². The minimum atomic E-state index is -3.17. The first-order chi connectivity index (χ1) is 7.98. The molecule has 0 heterocycles. The Balaban J connectivity index is 2.75. The minimum absolute atomic E-state index is 0.167. The Hall–Kier alpha value is -1.03. The molecule has 0 aromatic heterocycles. The van der Waals surface area contributed by atoms with Gasteiger partial charge in [0, 0.05) is 5.69 Å². The van der Waals surface area contributed by atoms with Gasteiger partial charge in [-0.05, 0) is 36.5 Å². The molecule has 1 N–H and O–H groups in total. The maximum atomic E-state index is 11.6. The number of rotatable bonds is 6. The highest BCUT2D eigenvalue weighted by atomic mass is 32.2. The Morgan fingerprint density at radius 3 is 2.24 bits per heavy atom. The van der Waals surface area contributed by atoms with Gasteiger partial charge in [0.1, 0.15) is 0 Å². The Morgan fingerprint density at radius 2 is 1.76 bits per heavy atom. The van der Waals surface area contributed by atoms with E-state index < -0.39 is 10.0 Å². The van der Waals surface area contributed by atoms with E-state index in [1.165, 1.54) is 5.56 Å². The molecule has 0 spiro atoms. The number of benzene rings is 1. The van der Waals surface area contributed by atoms with E-state index in [9.17, 15) is 8.42 Å². The van der Waals surface area contributed by atoms with E-state index in [1.54, 1.807) is 0 Å². The molecule has 1 aromatic rings. The van der Waals surface area contributed by atoms with E-state index >= 15 is 0 Å². The van der Waals surface area contributed by atoms with E-state index in [4.69, 9.17) is 0 Å². The van der Waals surface area contributed by atoms with Crippen LogP contribution in [0.1, 0.15) is 45.1 Å². The molecule has 0 aliphatic heterocycles. The first kappa shape index (κ1) is 14.0. The zero-order valence-corrected chi connectivity index (χ0v) is 11.5. The molecule has 1 atom stereocenters. The summed E-state index contributed by atoms with van der Waals surface area (Å²) in [4.78, 5) is 0. The maximum Gasteiger partial charge on any atom is 0.232 e. The third kappa shape index (κ3) is 4.38. The predicted molar refractivity (Wildman–Crippen MR) is 72.8 cm³/mol. The quantitative estimate of drug-likeness (QED) is 0.847. The molecule has 0 radical (unpaired) electrons. The van der Waals surface area contributed by atoms with Crippen LogP contribution in [0.2, 0.25) is 0 Å². The van der Waals surface area contributed by atoms with E-state index in [0.29, 0.717) is 18.0 Å². The van der Waals surface area contributed by atoms with Gasteiger partial charge in [-0.25, -0.2) is 8.42 Å². The van der Waals surface area contributed by atoms with Crippen molar-refractivity contribution in [2.24, 2.45) is 0 Å². The monoisotopic (exact) mass is 255 g/mol. The fourth-order valence-electron chi connectivity index (χ4n) is 1.61. The van der Waals surface area contributed by atoms with Crippen molar-refractivity contribution in [1.82, 2.24) is 0 Å². The second kappa shape index (κ2) is 6.05. The van der Waals surface area contributed by atoms with Gasteiger partial charge in [0.25, 0.3) is 0 Å². The summed E-state index contributed by atoms with van der Waals surface area (Å²) in [5.41, 5.74) is 1.89. The Labute approximate surface area is 104 Å². The highest BCUT2D eigenvalue weighted by Gasteiger charge is 2.09. The zero-order chi connectivity index (χ0) is 12.9. The third-order valence-electron chi connectivity index (χ3n) is 2.84. The molecule has 0 bridgehead atoms. The van der Waals surface area contributed by atoms with Gasteiger partial charge in [-0.3, -0.25) is 4.72 Å². The molecule has 0 aliphatic rings. The van der Waals surface area contributed by atoms with Crippen molar-refractivity contribution >= 4 is 15.7 Å². The standard InChI is InChI=1S/C13H21NO2S/c1-4-10-17(15,16)14-13-8-6-12(7-9-13)11(3)5-2/h6-9,11,14H,4-5,10H2,1-3H3/t11-/m0/s1. The summed E-state index contributed by atoms with van der Waals surface area (Å²) < 4.78 is 25.7. The molecule has 0 amide bonds. The molecule has 1 aromatic carbocycles. The van der Waals surface area contributed by atoms with Crippen molar-refractivity contribution in [2.45, 2.75) is 39.5 Å². The number of nitrogens with one attached hydrogen (secondary N) is 1. The summed E-state index contributed by atoms with van der Waals surface area (Å²) in [6.45, 7) is 6.16. The zero-order valence-electron chi connectivity index (χ0n) is 10.7. The van der Waals surface area contributed by atoms with Crippen LogP contribution in [0.25, 0.3) is 0 Å². The lowest BCUT2D eigenvalue weighted by atomic mass is 9.99. The number of hydrogen-bond acceptors (Lipinski definition) is 2. The molecular weight excluding hydrogens is 234 g/mol. The van der Waals surface area contributed by atoms with Gasteiger partial charge >= 0.3 is 0 Å². The average molecular weight is 255 g/mol. The van der Waals surface area contributed by atoms with Crippen molar-refractivity contribution in [1.29, 1.82) is 0 Å². The molecule has 0 saturated carbocycles. The van der Waals surface area contributed by atoms with Crippen molar-refractivity contribution in [3.8, 4) is 0 Å². The van der Waals surface area contributed by atoms with Crippen LogP contribution in [0, 0.1) is 0 Å². The van der Waals surface area contributed by atoms with Gasteiger partial charge in [-0.15, -0.1) is 0 Å². The highest BCUT2D eigenvalue weighted by Crippen LogP contribution is 2.20. The van der Waals surface area contributed by atoms with Gasteiger partial charge < -0.3 is 0 Å². The minimum Gasteiger partial charge on any atom is -0.284 e. The van der Waals surface area contributed by atoms with Crippen LogP contribution >= 0.6 is 0 Å². The lowest BCUT2D eigenvalue weighted by Gasteiger charge is -2.11. The molecule has 0 unspecified atom stereocenters.